The van der Waals surface area contributed by atoms with Crippen LogP contribution in [0.1, 0.15) is 35.6 Å². The Kier molecular flexibility index (Phi) is 7.49. The van der Waals surface area contributed by atoms with Crippen LogP contribution in [-0.2, 0) is 9.53 Å². The number of carbonyl (C=O) groups is 2. The molecule has 0 unspecified atom stereocenters. The van der Waals surface area contributed by atoms with Crippen molar-refractivity contribution in [2.24, 2.45) is 5.92 Å². The van der Waals surface area contributed by atoms with Crippen molar-refractivity contribution in [1.82, 2.24) is 0 Å². The van der Waals surface area contributed by atoms with Gasteiger partial charge in [0.2, 0.25) is 0 Å². The van der Waals surface area contributed by atoms with Crippen LogP contribution in [0.25, 0.3) is 0 Å². The number of carbonyl (C=O) groups excluding carboxylic acids is 2. The van der Waals surface area contributed by atoms with Crippen LogP contribution in [0.2, 0.25) is 0 Å². The average Bonchev–Trinajstić information content (AvgIpc) is 3.39. The summed E-state index contributed by atoms with van der Waals surface area (Å²) in [7, 11) is -0.972. The zero-order valence-corrected chi connectivity index (χ0v) is 19.2. The fourth-order valence-electron chi connectivity index (χ4n) is 3.78. The summed E-state index contributed by atoms with van der Waals surface area (Å²) in [5, 5.41) is 3.22. The van der Waals surface area contributed by atoms with Gasteiger partial charge in [-0.25, -0.2) is 4.79 Å². The number of esters is 1. The van der Waals surface area contributed by atoms with Gasteiger partial charge in [-0.3, -0.25) is 0 Å². The van der Waals surface area contributed by atoms with E-state index in [9.17, 15) is 9.59 Å². The number of ether oxygens (including phenoxy) is 1. The van der Waals surface area contributed by atoms with E-state index >= 15 is 0 Å². The smallest absolute Gasteiger partial charge is 0.339 e. The van der Waals surface area contributed by atoms with Crippen LogP contribution in [0, 0.1) is 5.92 Å². The minimum atomic E-state index is -0.972. The van der Waals surface area contributed by atoms with Crippen LogP contribution in [0.3, 0.4) is 0 Å². The Morgan fingerprint density at radius 1 is 0.879 bits per heavy atom. The first-order chi connectivity index (χ1) is 16.2. The lowest BCUT2D eigenvalue weighted by Crippen LogP contribution is -2.27. The number of benzene rings is 3. The van der Waals surface area contributed by atoms with Crippen LogP contribution in [0.15, 0.2) is 108 Å². The summed E-state index contributed by atoms with van der Waals surface area (Å²) in [6.07, 6.45) is 2.00. The number of hydrogen-bond acceptors (Lipinski definition) is 4. The van der Waals surface area contributed by atoms with Gasteiger partial charge in [-0.05, 0) is 42.0 Å². The average molecular weight is 456 g/mol. The Morgan fingerprint density at radius 3 is 2.06 bits per heavy atom. The molecular formula is C28H25O4P. The second-order valence-corrected chi connectivity index (χ2v) is 9.93. The molecule has 1 aromatic heterocycles. The van der Waals surface area contributed by atoms with E-state index in [1.807, 2.05) is 67.6 Å². The lowest BCUT2D eigenvalue weighted by atomic mass is 9.99. The largest absolute Gasteiger partial charge is 0.465 e. The highest BCUT2D eigenvalue weighted by atomic mass is 31.1. The van der Waals surface area contributed by atoms with E-state index in [1.165, 1.54) is 0 Å². The number of hydrogen-bond donors (Lipinski definition) is 0. The van der Waals surface area contributed by atoms with E-state index in [0.29, 0.717) is 11.3 Å². The molecule has 0 radical (unpaired) electrons. The molecule has 4 rings (SSSR count). The molecule has 1 heterocycles. The number of furan rings is 1. The monoisotopic (exact) mass is 456 g/mol. The Hall–Kier alpha value is -3.49. The highest BCUT2D eigenvalue weighted by Crippen LogP contribution is 2.35. The third kappa shape index (κ3) is 5.30. The molecule has 166 valence electrons. The van der Waals surface area contributed by atoms with Crippen molar-refractivity contribution in [3.05, 3.63) is 115 Å². The second kappa shape index (κ2) is 10.9. The molecule has 0 aliphatic carbocycles. The number of aldehydes is 1. The molecule has 0 saturated carbocycles. The van der Waals surface area contributed by atoms with Crippen molar-refractivity contribution in [3.8, 4) is 0 Å². The fourth-order valence-corrected chi connectivity index (χ4v) is 6.22. The Labute approximate surface area is 195 Å². The minimum absolute atomic E-state index is 0.213. The van der Waals surface area contributed by atoms with Crippen LogP contribution in [-0.4, -0.2) is 12.3 Å². The molecule has 5 heteroatoms. The van der Waals surface area contributed by atoms with Crippen LogP contribution < -0.4 is 15.9 Å². The summed E-state index contributed by atoms with van der Waals surface area (Å²) in [5.74, 6) is -0.109. The highest BCUT2D eigenvalue weighted by molar-refractivity contribution is 7.80. The van der Waals surface area contributed by atoms with E-state index in [0.717, 1.165) is 22.2 Å². The molecule has 0 aliphatic rings. The van der Waals surface area contributed by atoms with Crippen molar-refractivity contribution in [2.45, 2.75) is 19.4 Å². The van der Waals surface area contributed by atoms with Gasteiger partial charge in [-0.1, -0.05) is 85.8 Å². The molecule has 0 aliphatic heterocycles. The van der Waals surface area contributed by atoms with Gasteiger partial charge >= 0.3 is 5.97 Å². The van der Waals surface area contributed by atoms with Crippen molar-refractivity contribution in [2.75, 3.05) is 0 Å². The fraction of sp³-hybridized carbons (Fsp3) is 0.143. The predicted octanol–water partition coefficient (Wildman–Crippen LogP) is 5.16. The third-order valence-corrected chi connectivity index (χ3v) is 7.94. The molecule has 4 aromatic rings. The summed E-state index contributed by atoms with van der Waals surface area (Å²) in [5.41, 5.74) is 0.520. The Morgan fingerprint density at radius 2 is 1.48 bits per heavy atom. The van der Waals surface area contributed by atoms with Crippen LogP contribution in [0.5, 0.6) is 0 Å². The van der Waals surface area contributed by atoms with Gasteiger partial charge in [0.05, 0.1) is 11.8 Å². The van der Waals surface area contributed by atoms with Gasteiger partial charge in [0.15, 0.2) is 6.10 Å². The maximum atomic E-state index is 13.5. The SMILES string of the molecule is C[C@H](CC=O)[C@H](OC(=O)c1ccccc1P(c1ccccc1)c1ccccc1)c1ccco1. The molecule has 0 saturated heterocycles. The van der Waals surface area contributed by atoms with E-state index in [-0.39, 0.29) is 12.3 Å². The zero-order chi connectivity index (χ0) is 23.0. The first-order valence-corrected chi connectivity index (χ1v) is 12.2. The van der Waals surface area contributed by atoms with Crippen molar-refractivity contribution < 1.29 is 18.7 Å². The maximum Gasteiger partial charge on any atom is 0.339 e. The van der Waals surface area contributed by atoms with Gasteiger partial charge in [-0.2, -0.15) is 0 Å². The molecule has 0 amide bonds. The first kappa shape index (κ1) is 22.7. The summed E-state index contributed by atoms with van der Waals surface area (Å²) in [6.45, 7) is 1.88. The summed E-state index contributed by atoms with van der Waals surface area (Å²) in [4.78, 5) is 24.6. The normalized spacial score (nSPS) is 12.8. The van der Waals surface area contributed by atoms with E-state index < -0.39 is 20.0 Å². The van der Waals surface area contributed by atoms with Gasteiger partial charge in [-0.15, -0.1) is 0 Å². The summed E-state index contributed by atoms with van der Waals surface area (Å²) in [6, 6.07) is 31.6. The summed E-state index contributed by atoms with van der Waals surface area (Å²) < 4.78 is 11.5. The lowest BCUT2D eigenvalue weighted by molar-refractivity contribution is -0.109. The molecule has 2 atom stereocenters. The van der Waals surface area contributed by atoms with Crippen molar-refractivity contribution >= 4 is 36.1 Å². The van der Waals surface area contributed by atoms with E-state index in [4.69, 9.17) is 9.15 Å². The maximum absolute atomic E-state index is 13.5. The topological polar surface area (TPSA) is 56.5 Å². The van der Waals surface area contributed by atoms with Gasteiger partial charge in [0, 0.05) is 12.3 Å². The quantitative estimate of drug-likeness (QED) is 0.198. The Bertz CT molecular complexity index is 1130. The van der Waals surface area contributed by atoms with Gasteiger partial charge in [0.25, 0.3) is 0 Å². The Balaban J connectivity index is 1.74. The second-order valence-electron chi connectivity index (χ2n) is 7.74. The van der Waals surface area contributed by atoms with E-state index in [1.54, 1.807) is 18.4 Å². The molecule has 33 heavy (non-hydrogen) atoms. The standard InChI is InChI=1S/C28H25O4P/c1-21(18-19-29)27(25-16-10-20-31-25)32-28(30)24-15-8-9-17-26(24)33(22-11-4-2-5-12-22)23-13-6-3-7-14-23/h2-17,19-21,27H,18H2,1H3/t21-,27+/m1/s1. The number of rotatable bonds is 9. The van der Waals surface area contributed by atoms with Crippen LogP contribution in [0.4, 0.5) is 0 Å². The molecule has 0 spiro atoms. The minimum Gasteiger partial charge on any atom is -0.465 e. The van der Waals surface area contributed by atoms with E-state index in [2.05, 4.69) is 24.3 Å². The van der Waals surface area contributed by atoms with Gasteiger partial charge < -0.3 is 13.9 Å². The van der Waals surface area contributed by atoms with Crippen LogP contribution >= 0.6 is 7.92 Å². The predicted molar refractivity (Wildman–Crippen MR) is 132 cm³/mol. The zero-order valence-electron chi connectivity index (χ0n) is 18.3. The molecule has 0 fully saturated rings. The molecule has 0 N–H and O–H groups in total. The molecule has 0 bridgehead atoms. The first-order valence-electron chi connectivity index (χ1n) is 10.9. The van der Waals surface area contributed by atoms with Crippen molar-refractivity contribution in [1.29, 1.82) is 0 Å². The van der Waals surface area contributed by atoms with Crippen molar-refractivity contribution in [3.63, 3.8) is 0 Å². The van der Waals surface area contributed by atoms with Gasteiger partial charge in [0.1, 0.15) is 12.0 Å². The third-order valence-electron chi connectivity index (χ3n) is 5.44. The molecule has 4 nitrogen and oxygen atoms in total. The molecular weight excluding hydrogens is 431 g/mol. The lowest BCUT2D eigenvalue weighted by Gasteiger charge is -2.24. The highest BCUT2D eigenvalue weighted by Gasteiger charge is 2.29. The molecule has 3 aromatic carbocycles. The summed E-state index contributed by atoms with van der Waals surface area (Å²) >= 11 is 0.